The van der Waals surface area contributed by atoms with Gasteiger partial charge in [-0.1, -0.05) is 54.6 Å². The van der Waals surface area contributed by atoms with E-state index in [9.17, 15) is 0 Å². The largest absolute Gasteiger partial charge is 0.401 e. The fourth-order valence-corrected chi connectivity index (χ4v) is 4.91. The maximum atomic E-state index is 6.69. The Morgan fingerprint density at radius 3 is 2.33 bits per heavy atom. The number of hydrogen-bond donors (Lipinski definition) is 2. The lowest BCUT2D eigenvalue weighted by atomic mass is 9.64. The number of benzene rings is 2. The molecule has 1 spiro atoms. The third kappa shape index (κ3) is 1.70. The molecule has 6 rings (SSSR count). The van der Waals surface area contributed by atoms with Crippen LogP contribution in [-0.2, 0) is 0 Å². The van der Waals surface area contributed by atoms with Gasteiger partial charge in [0, 0.05) is 11.4 Å². The average Bonchev–Trinajstić information content (AvgIpc) is 3.24. The molecule has 0 fully saturated rings. The molecule has 4 aliphatic rings. The third-order valence-electron chi connectivity index (χ3n) is 6.14. The standard InChI is InChI=1S/C25H18N2/c26-17-7-8-19-16(12-17)14-23-21(19)9-10-24(27)25(23)11-3-6-20-18-5-2-1-4-15(18)13-22(20)25/h1-14H,26-27H2. The Labute approximate surface area is 158 Å². The fourth-order valence-electron chi connectivity index (χ4n) is 4.91. The van der Waals surface area contributed by atoms with Gasteiger partial charge < -0.3 is 11.5 Å². The normalized spacial score (nSPS) is 23.5. The summed E-state index contributed by atoms with van der Waals surface area (Å²) in [7, 11) is 0. The van der Waals surface area contributed by atoms with Gasteiger partial charge in [-0.15, -0.1) is 0 Å². The summed E-state index contributed by atoms with van der Waals surface area (Å²) in [6.45, 7) is 0. The molecule has 128 valence electrons. The smallest absolute Gasteiger partial charge is 0.0792 e. The minimum atomic E-state index is -0.430. The van der Waals surface area contributed by atoms with Crippen LogP contribution < -0.4 is 11.5 Å². The Hall–Kier alpha value is -3.52. The number of nitrogen functional groups attached to an aromatic ring is 1. The van der Waals surface area contributed by atoms with Crippen molar-refractivity contribution >= 4 is 29.0 Å². The molecule has 0 radical (unpaired) electrons. The summed E-state index contributed by atoms with van der Waals surface area (Å²) in [5.74, 6) is 0. The summed E-state index contributed by atoms with van der Waals surface area (Å²) in [5.41, 5.74) is 23.9. The molecular weight excluding hydrogens is 328 g/mol. The maximum Gasteiger partial charge on any atom is 0.0792 e. The number of rotatable bonds is 0. The highest BCUT2D eigenvalue weighted by Crippen LogP contribution is 2.60. The predicted molar refractivity (Wildman–Crippen MR) is 113 cm³/mol. The molecule has 1 unspecified atom stereocenters. The number of nitrogens with two attached hydrogens (primary N) is 2. The van der Waals surface area contributed by atoms with Crippen LogP contribution in [0.1, 0.15) is 22.3 Å². The van der Waals surface area contributed by atoms with Crippen LogP contribution >= 0.6 is 0 Å². The molecule has 0 aromatic heterocycles. The van der Waals surface area contributed by atoms with E-state index in [1.165, 1.54) is 44.5 Å². The van der Waals surface area contributed by atoms with Crippen molar-refractivity contribution in [2.45, 2.75) is 0 Å². The summed E-state index contributed by atoms with van der Waals surface area (Å²) in [4.78, 5) is 0. The first-order valence-electron chi connectivity index (χ1n) is 9.20. The van der Waals surface area contributed by atoms with Crippen LogP contribution in [0.25, 0.3) is 23.3 Å². The van der Waals surface area contributed by atoms with Crippen molar-refractivity contribution in [1.82, 2.24) is 0 Å². The van der Waals surface area contributed by atoms with Gasteiger partial charge >= 0.3 is 0 Å². The van der Waals surface area contributed by atoms with Crippen molar-refractivity contribution in [3.05, 3.63) is 112 Å². The highest BCUT2D eigenvalue weighted by atomic mass is 14.7. The molecule has 2 aromatic carbocycles. The predicted octanol–water partition coefficient (Wildman–Crippen LogP) is 4.94. The van der Waals surface area contributed by atoms with Crippen LogP contribution in [0, 0.1) is 5.41 Å². The molecule has 0 saturated carbocycles. The van der Waals surface area contributed by atoms with Crippen LogP contribution in [0.5, 0.6) is 0 Å². The van der Waals surface area contributed by atoms with E-state index in [2.05, 4.69) is 72.9 Å². The monoisotopic (exact) mass is 346 g/mol. The van der Waals surface area contributed by atoms with E-state index >= 15 is 0 Å². The van der Waals surface area contributed by atoms with Crippen molar-refractivity contribution in [2.24, 2.45) is 11.1 Å². The Morgan fingerprint density at radius 2 is 1.44 bits per heavy atom. The molecule has 0 amide bonds. The lowest BCUT2D eigenvalue weighted by molar-refractivity contribution is 0.685. The molecule has 2 nitrogen and oxygen atoms in total. The van der Waals surface area contributed by atoms with Gasteiger partial charge in [0.05, 0.1) is 5.41 Å². The lowest BCUT2D eigenvalue weighted by Crippen LogP contribution is -2.33. The molecule has 4 aliphatic carbocycles. The maximum absolute atomic E-state index is 6.69. The quantitative estimate of drug-likeness (QED) is 0.664. The zero-order chi connectivity index (χ0) is 18.2. The summed E-state index contributed by atoms with van der Waals surface area (Å²) in [5, 5.41) is 0. The minimum Gasteiger partial charge on any atom is -0.401 e. The first kappa shape index (κ1) is 14.6. The molecule has 0 saturated heterocycles. The average molecular weight is 346 g/mol. The van der Waals surface area contributed by atoms with Crippen LogP contribution in [0.4, 0.5) is 5.69 Å². The molecule has 0 heterocycles. The Kier molecular flexibility index (Phi) is 2.60. The Balaban J connectivity index is 1.62. The van der Waals surface area contributed by atoms with Gasteiger partial charge in [-0.25, -0.2) is 0 Å². The van der Waals surface area contributed by atoms with E-state index in [0.717, 1.165) is 11.4 Å². The second kappa shape index (κ2) is 4.80. The number of anilines is 1. The van der Waals surface area contributed by atoms with E-state index in [4.69, 9.17) is 11.5 Å². The Morgan fingerprint density at radius 1 is 0.704 bits per heavy atom. The lowest BCUT2D eigenvalue weighted by Gasteiger charge is -2.40. The molecule has 2 aromatic rings. The van der Waals surface area contributed by atoms with Crippen LogP contribution in [-0.4, -0.2) is 0 Å². The SMILES string of the molecule is NC1=CC=C2C(=Cc3cc(N)ccc32)C12C=CC=C1C2=Cc2ccccc21. The van der Waals surface area contributed by atoms with E-state index in [0.29, 0.717) is 0 Å². The molecular formula is C25H18N2. The second-order valence-corrected chi connectivity index (χ2v) is 7.50. The minimum absolute atomic E-state index is 0.430. The van der Waals surface area contributed by atoms with Gasteiger partial charge in [0.25, 0.3) is 0 Å². The third-order valence-corrected chi connectivity index (χ3v) is 6.14. The zero-order valence-corrected chi connectivity index (χ0v) is 14.7. The molecule has 27 heavy (non-hydrogen) atoms. The highest BCUT2D eigenvalue weighted by Gasteiger charge is 2.47. The molecule has 4 N–H and O–H groups in total. The first-order valence-corrected chi connectivity index (χ1v) is 9.20. The molecule has 1 atom stereocenters. The van der Waals surface area contributed by atoms with Gasteiger partial charge in [-0.2, -0.15) is 0 Å². The fraction of sp³-hybridized carbons (Fsp3) is 0.0400. The van der Waals surface area contributed by atoms with Crippen molar-refractivity contribution in [2.75, 3.05) is 5.73 Å². The van der Waals surface area contributed by atoms with Gasteiger partial charge in [-0.05, 0) is 74.9 Å². The highest BCUT2D eigenvalue weighted by molar-refractivity contribution is 6.06. The van der Waals surface area contributed by atoms with Crippen molar-refractivity contribution in [3.63, 3.8) is 0 Å². The van der Waals surface area contributed by atoms with Gasteiger partial charge in [0.15, 0.2) is 0 Å². The van der Waals surface area contributed by atoms with Crippen molar-refractivity contribution in [3.8, 4) is 0 Å². The van der Waals surface area contributed by atoms with Crippen LogP contribution in [0.3, 0.4) is 0 Å². The summed E-state index contributed by atoms with van der Waals surface area (Å²) < 4.78 is 0. The first-order chi connectivity index (χ1) is 13.2. The van der Waals surface area contributed by atoms with Crippen molar-refractivity contribution in [1.29, 1.82) is 0 Å². The Bertz CT molecular complexity index is 1230. The molecule has 0 aliphatic heterocycles. The summed E-state index contributed by atoms with van der Waals surface area (Å²) in [6.07, 6.45) is 15.4. The van der Waals surface area contributed by atoms with Crippen LogP contribution in [0.15, 0.2) is 89.7 Å². The summed E-state index contributed by atoms with van der Waals surface area (Å²) in [6, 6.07) is 14.7. The molecule has 2 heteroatoms. The second-order valence-electron chi connectivity index (χ2n) is 7.50. The van der Waals surface area contributed by atoms with E-state index in [1.54, 1.807) is 0 Å². The number of hydrogen-bond acceptors (Lipinski definition) is 2. The topological polar surface area (TPSA) is 52.0 Å². The zero-order valence-electron chi connectivity index (χ0n) is 14.7. The molecule has 0 bridgehead atoms. The number of fused-ring (bicyclic) bond motifs is 8. The van der Waals surface area contributed by atoms with E-state index in [1.807, 2.05) is 12.1 Å². The number of allylic oxidation sites excluding steroid dienone is 7. The van der Waals surface area contributed by atoms with Gasteiger partial charge in [-0.3, -0.25) is 0 Å². The van der Waals surface area contributed by atoms with Crippen molar-refractivity contribution < 1.29 is 0 Å². The summed E-state index contributed by atoms with van der Waals surface area (Å²) >= 11 is 0. The van der Waals surface area contributed by atoms with E-state index in [-0.39, 0.29) is 0 Å². The van der Waals surface area contributed by atoms with Crippen LogP contribution in [0.2, 0.25) is 0 Å². The van der Waals surface area contributed by atoms with Gasteiger partial charge in [0.1, 0.15) is 0 Å². The van der Waals surface area contributed by atoms with Gasteiger partial charge in [0.2, 0.25) is 0 Å². The van der Waals surface area contributed by atoms with E-state index < -0.39 is 5.41 Å².